The first kappa shape index (κ1) is 19.8. The van der Waals surface area contributed by atoms with E-state index in [9.17, 15) is 4.79 Å². The van der Waals surface area contributed by atoms with Crippen molar-refractivity contribution >= 4 is 11.7 Å². The normalized spacial score (nSPS) is 18.6. The highest BCUT2D eigenvalue weighted by molar-refractivity contribution is 5.90. The first-order chi connectivity index (χ1) is 14.1. The van der Waals surface area contributed by atoms with Crippen LogP contribution in [0.2, 0.25) is 0 Å². The number of fused-ring (bicyclic) bond motifs is 1. The van der Waals surface area contributed by atoms with Crippen LogP contribution in [0.3, 0.4) is 0 Å². The molecule has 29 heavy (non-hydrogen) atoms. The summed E-state index contributed by atoms with van der Waals surface area (Å²) in [6.45, 7) is 8.11. The lowest BCUT2D eigenvalue weighted by Crippen LogP contribution is -2.33. The number of hydrogen-bond acceptors (Lipinski definition) is 6. The fraction of sp³-hybridized carbons (Fsp3) is 0.500. The molecule has 1 saturated heterocycles. The number of benzene rings is 1. The quantitative estimate of drug-likeness (QED) is 0.805. The predicted molar refractivity (Wildman–Crippen MR) is 112 cm³/mol. The molecule has 3 heterocycles. The number of aryl methyl sites for hydroxylation is 1. The Morgan fingerprint density at radius 1 is 1.31 bits per heavy atom. The zero-order chi connectivity index (χ0) is 20.4. The molecule has 1 atom stereocenters. The average Bonchev–Trinajstić information content (AvgIpc) is 3.22. The molecule has 1 amide bonds. The van der Waals surface area contributed by atoms with Gasteiger partial charge in [0.2, 0.25) is 5.82 Å². The number of ether oxygens (including phenoxy) is 1. The molecule has 0 aliphatic carbocycles. The summed E-state index contributed by atoms with van der Waals surface area (Å²) in [5.74, 6) is 0.850. The summed E-state index contributed by atoms with van der Waals surface area (Å²) in [5, 5.41) is 6.32. The van der Waals surface area contributed by atoms with Gasteiger partial charge in [-0.25, -0.2) is 9.97 Å². The van der Waals surface area contributed by atoms with E-state index in [-0.39, 0.29) is 11.7 Å². The van der Waals surface area contributed by atoms with Crippen molar-refractivity contribution in [2.75, 3.05) is 31.6 Å². The van der Waals surface area contributed by atoms with E-state index in [0.29, 0.717) is 12.6 Å². The molecule has 1 aromatic carbocycles. The molecule has 2 aliphatic rings. The van der Waals surface area contributed by atoms with E-state index >= 15 is 0 Å². The third-order valence-electron chi connectivity index (χ3n) is 5.99. The molecule has 2 N–H and O–H groups in total. The van der Waals surface area contributed by atoms with Crippen LogP contribution in [-0.2, 0) is 24.3 Å². The van der Waals surface area contributed by atoms with Crippen LogP contribution in [0.4, 0.5) is 5.82 Å². The van der Waals surface area contributed by atoms with Gasteiger partial charge in [-0.3, -0.25) is 4.79 Å². The van der Waals surface area contributed by atoms with Gasteiger partial charge >= 0.3 is 0 Å². The standard InChI is InChI=1S/C22H29N5O2/c1-14-15(2)25-20(22(28)23-3)26-21(14)27-9-7-18(12-27)24-11-17-6-4-5-16-8-10-29-13-19(16)17/h4-6,18,24H,7-13H2,1-3H3,(H,23,28)/t18-/m1/s1. The Hall–Kier alpha value is -2.51. The first-order valence-corrected chi connectivity index (χ1v) is 10.3. The highest BCUT2D eigenvalue weighted by atomic mass is 16.5. The molecule has 2 aliphatic heterocycles. The Labute approximate surface area is 171 Å². The van der Waals surface area contributed by atoms with Crippen LogP contribution in [0.25, 0.3) is 0 Å². The van der Waals surface area contributed by atoms with Gasteiger partial charge in [-0.2, -0.15) is 0 Å². The summed E-state index contributed by atoms with van der Waals surface area (Å²) in [6, 6.07) is 6.94. The van der Waals surface area contributed by atoms with Gasteiger partial charge in [0.25, 0.3) is 5.91 Å². The number of carbonyl (C=O) groups excluding carboxylic acids is 1. The van der Waals surface area contributed by atoms with Crippen molar-refractivity contribution in [1.29, 1.82) is 0 Å². The van der Waals surface area contributed by atoms with E-state index in [0.717, 1.165) is 56.2 Å². The summed E-state index contributed by atoms with van der Waals surface area (Å²) in [5.41, 5.74) is 5.97. The van der Waals surface area contributed by atoms with Crippen LogP contribution in [0.15, 0.2) is 18.2 Å². The lowest BCUT2D eigenvalue weighted by molar-refractivity contribution is 0.0952. The van der Waals surface area contributed by atoms with E-state index in [4.69, 9.17) is 4.74 Å². The number of amides is 1. The monoisotopic (exact) mass is 395 g/mol. The minimum Gasteiger partial charge on any atom is -0.376 e. The van der Waals surface area contributed by atoms with Crippen LogP contribution >= 0.6 is 0 Å². The van der Waals surface area contributed by atoms with Gasteiger partial charge in [0.1, 0.15) is 5.82 Å². The van der Waals surface area contributed by atoms with Gasteiger partial charge in [0.05, 0.1) is 13.2 Å². The molecule has 7 heteroatoms. The Balaban J connectivity index is 1.44. The van der Waals surface area contributed by atoms with Gasteiger partial charge in [-0.05, 0) is 43.4 Å². The van der Waals surface area contributed by atoms with E-state index in [1.807, 2.05) is 13.8 Å². The van der Waals surface area contributed by atoms with Crippen LogP contribution < -0.4 is 15.5 Å². The van der Waals surface area contributed by atoms with Crippen molar-refractivity contribution < 1.29 is 9.53 Å². The van der Waals surface area contributed by atoms with Gasteiger partial charge in [0, 0.05) is 44.0 Å². The highest BCUT2D eigenvalue weighted by Gasteiger charge is 2.26. The zero-order valence-corrected chi connectivity index (χ0v) is 17.4. The van der Waals surface area contributed by atoms with Gasteiger partial charge < -0.3 is 20.3 Å². The molecule has 0 unspecified atom stereocenters. The Morgan fingerprint density at radius 2 is 2.17 bits per heavy atom. The second-order valence-electron chi connectivity index (χ2n) is 7.83. The molecule has 0 bridgehead atoms. The summed E-state index contributed by atoms with van der Waals surface area (Å²) in [4.78, 5) is 23.2. The Morgan fingerprint density at radius 3 is 3.00 bits per heavy atom. The summed E-state index contributed by atoms with van der Waals surface area (Å²) >= 11 is 0. The molecule has 154 valence electrons. The maximum atomic E-state index is 12.0. The second-order valence-corrected chi connectivity index (χ2v) is 7.83. The number of aromatic nitrogens is 2. The maximum absolute atomic E-state index is 12.0. The average molecular weight is 396 g/mol. The largest absolute Gasteiger partial charge is 0.376 e. The van der Waals surface area contributed by atoms with Gasteiger partial charge in [0.15, 0.2) is 0 Å². The van der Waals surface area contributed by atoms with Crippen molar-refractivity contribution in [2.24, 2.45) is 0 Å². The topological polar surface area (TPSA) is 79.4 Å². The number of rotatable bonds is 5. The maximum Gasteiger partial charge on any atom is 0.288 e. The van der Waals surface area contributed by atoms with Gasteiger partial charge in [-0.15, -0.1) is 0 Å². The van der Waals surface area contributed by atoms with Crippen LogP contribution in [-0.4, -0.2) is 48.7 Å². The minimum atomic E-state index is -0.251. The fourth-order valence-electron chi connectivity index (χ4n) is 4.14. The van der Waals surface area contributed by atoms with Crippen molar-refractivity contribution in [2.45, 2.75) is 45.9 Å². The van der Waals surface area contributed by atoms with Crippen molar-refractivity contribution in [1.82, 2.24) is 20.6 Å². The van der Waals surface area contributed by atoms with E-state index in [2.05, 4.69) is 43.7 Å². The van der Waals surface area contributed by atoms with Crippen LogP contribution in [0.5, 0.6) is 0 Å². The van der Waals surface area contributed by atoms with E-state index in [1.54, 1.807) is 7.05 Å². The van der Waals surface area contributed by atoms with Crippen molar-refractivity contribution in [3.63, 3.8) is 0 Å². The van der Waals surface area contributed by atoms with Crippen molar-refractivity contribution in [3.05, 3.63) is 52.0 Å². The smallest absolute Gasteiger partial charge is 0.288 e. The highest BCUT2D eigenvalue weighted by Crippen LogP contribution is 2.25. The predicted octanol–water partition coefficient (Wildman–Crippen LogP) is 1.89. The molecule has 0 spiro atoms. The molecular formula is C22H29N5O2. The SMILES string of the molecule is CNC(=O)c1nc(C)c(C)c(N2CC[C@@H](NCc3cccc4c3COCC4)C2)n1. The molecule has 1 fully saturated rings. The molecule has 7 nitrogen and oxygen atoms in total. The number of carbonyl (C=O) groups is 1. The lowest BCUT2D eigenvalue weighted by atomic mass is 9.97. The van der Waals surface area contributed by atoms with Gasteiger partial charge in [-0.1, -0.05) is 18.2 Å². The number of anilines is 1. The van der Waals surface area contributed by atoms with Crippen LogP contribution in [0.1, 0.15) is 45.0 Å². The minimum absolute atomic E-state index is 0.234. The van der Waals surface area contributed by atoms with Crippen molar-refractivity contribution in [3.8, 4) is 0 Å². The summed E-state index contributed by atoms with van der Waals surface area (Å²) < 4.78 is 5.66. The zero-order valence-electron chi connectivity index (χ0n) is 17.4. The molecule has 1 aromatic heterocycles. The van der Waals surface area contributed by atoms with Crippen LogP contribution in [0, 0.1) is 13.8 Å². The Bertz CT molecular complexity index is 914. The summed E-state index contributed by atoms with van der Waals surface area (Å²) in [7, 11) is 1.60. The third kappa shape index (κ3) is 4.11. The second kappa shape index (κ2) is 8.47. The number of nitrogens with zero attached hydrogens (tertiary/aromatic N) is 3. The third-order valence-corrected chi connectivity index (χ3v) is 5.99. The van der Waals surface area contributed by atoms with E-state index in [1.165, 1.54) is 16.7 Å². The number of hydrogen-bond donors (Lipinski definition) is 2. The molecule has 2 aromatic rings. The molecule has 0 radical (unpaired) electrons. The first-order valence-electron chi connectivity index (χ1n) is 10.3. The Kier molecular flexibility index (Phi) is 5.78. The molecular weight excluding hydrogens is 366 g/mol. The fourth-order valence-corrected chi connectivity index (χ4v) is 4.14. The van der Waals surface area contributed by atoms with E-state index < -0.39 is 0 Å². The number of nitrogens with one attached hydrogen (secondary N) is 2. The summed E-state index contributed by atoms with van der Waals surface area (Å²) in [6.07, 6.45) is 2.05. The molecule has 4 rings (SSSR count). The lowest BCUT2D eigenvalue weighted by Gasteiger charge is -2.22. The molecule has 0 saturated carbocycles.